The zero-order valence-electron chi connectivity index (χ0n) is 18.8. The summed E-state index contributed by atoms with van der Waals surface area (Å²) in [6.07, 6.45) is 2.25. The number of ether oxygens (including phenoxy) is 3. The topological polar surface area (TPSA) is 109 Å². The van der Waals surface area contributed by atoms with Gasteiger partial charge in [0.1, 0.15) is 10.5 Å². The minimum Gasteiger partial charge on any atom is -0.454 e. The molecule has 0 fully saturated rings. The molecular weight excluding hydrogens is 458 g/mol. The van der Waals surface area contributed by atoms with Crippen LogP contribution in [0.5, 0.6) is 11.5 Å². The first kappa shape index (κ1) is 22.4. The third-order valence-corrected chi connectivity index (χ3v) is 6.63. The van der Waals surface area contributed by atoms with Crippen molar-refractivity contribution in [3.05, 3.63) is 51.4 Å². The van der Waals surface area contributed by atoms with Gasteiger partial charge in [-0.1, -0.05) is 6.07 Å². The maximum Gasteiger partial charge on any atom is 0.272 e. The van der Waals surface area contributed by atoms with E-state index in [1.165, 1.54) is 11.3 Å². The summed E-state index contributed by atoms with van der Waals surface area (Å²) in [6, 6.07) is 7.55. The molecule has 4 aromatic rings. The highest BCUT2D eigenvalue weighted by Crippen LogP contribution is 2.32. The largest absolute Gasteiger partial charge is 0.454 e. The molecule has 1 aliphatic heterocycles. The first-order valence-electron chi connectivity index (χ1n) is 11.1. The summed E-state index contributed by atoms with van der Waals surface area (Å²) < 4.78 is 20.1. The molecule has 0 atom stereocenters. The van der Waals surface area contributed by atoms with Gasteiger partial charge in [0.05, 0.1) is 5.52 Å². The Morgan fingerprint density at radius 1 is 1.21 bits per heavy atom. The van der Waals surface area contributed by atoms with Gasteiger partial charge in [0.15, 0.2) is 11.5 Å². The van der Waals surface area contributed by atoms with Gasteiger partial charge in [-0.3, -0.25) is 18.6 Å². The number of hydrogen-bond donors (Lipinski definition) is 1. The molecule has 1 amide bonds. The van der Waals surface area contributed by atoms with E-state index in [0.717, 1.165) is 22.7 Å². The number of nitrogens with one attached hydrogen (secondary N) is 1. The Labute approximate surface area is 199 Å². The van der Waals surface area contributed by atoms with Crippen LogP contribution in [0.4, 0.5) is 0 Å². The number of aryl methyl sites for hydroxylation is 2. The van der Waals surface area contributed by atoms with Crippen molar-refractivity contribution < 1.29 is 19.0 Å². The van der Waals surface area contributed by atoms with Crippen molar-refractivity contribution in [1.82, 2.24) is 24.5 Å². The minimum atomic E-state index is -0.0598. The smallest absolute Gasteiger partial charge is 0.272 e. The fourth-order valence-electron chi connectivity index (χ4n) is 4.06. The van der Waals surface area contributed by atoms with Crippen LogP contribution in [0.2, 0.25) is 0 Å². The Balaban J connectivity index is 1.24. The second-order valence-corrected chi connectivity index (χ2v) is 8.92. The molecule has 0 spiro atoms. The Kier molecular flexibility index (Phi) is 6.45. The molecule has 1 N–H and O–H groups in total. The van der Waals surface area contributed by atoms with Crippen molar-refractivity contribution in [1.29, 1.82) is 0 Å². The van der Waals surface area contributed by atoms with Gasteiger partial charge >= 0.3 is 0 Å². The number of fused-ring (bicyclic) bond motifs is 4. The second-order valence-electron chi connectivity index (χ2n) is 8.01. The minimum absolute atomic E-state index is 0.0383. The van der Waals surface area contributed by atoms with Crippen LogP contribution in [-0.4, -0.2) is 45.6 Å². The van der Waals surface area contributed by atoms with Crippen molar-refractivity contribution in [2.24, 2.45) is 0 Å². The van der Waals surface area contributed by atoms with Gasteiger partial charge in [0.2, 0.25) is 18.5 Å². The number of benzene rings is 1. The van der Waals surface area contributed by atoms with Crippen LogP contribution < -0.4 is 20.3 Å². The number of nitrogens with zero attached hydrogens (tertiary/aromatic N) is 4. The number of aromatic nitrogens is 4. The molecule has 178 valence electrons. The van der Waals surface area contributed by atoms with E-state index < -0.39 is 0 Å². The molecule has 1 aromatic carbocycles. The lowest BCUT2D eigenvalue weighted by molar-refractivity contribution is -0.121. The highest BCUT2D eigenvalue weighted by molar-refractivity contribution is 7.17. The number of carbonyl (C=O) groups is 1. The van der Waals surface area contributed by atoms with Crippen LogP contribution in [0.25, 0.3) is 16.0 Å². The molecular formula is C23H25N5O5S. The van der Waals surface area contributed by atoms with E-state index >= 15 is 0 Å². The summed E-state index contributed by atoms with van der Waals surface area (Å²) >= 11 is 1.41. The molecule has 3 aromatic heterocycles. The molecule has 11 heteroatoms. The van der Waals surface area contributed by atoms with Crippen molar-refractivity contribution in [3.63, 3.8) is 0 Å². The van der Waals surface area contributed by atoms with Crippen molar-refractivity contribution in [2.75, 3.05) is 20.5 Å². The van der Waals surface area contributed by atoms with E-state index in [-0.39, 0.29) is 18.3 Å². The molecule has 1 aliphatic rings. The van der Waals surface area contributed by atoms with E-state index in [1.54, 1.807) is 11.7 Å². The van der Waals surface area contributed by atoms with Gasteiger partial charge < -0.3 is 19.5 Å². The van der Waals surface area contributed by atoms with Crippen LogP contribution >= 0.6 is 11.3 Å². The number of rotatable bonds is 10. The summed E-state index contributed by atoms with van der Waals surface area (Å²) in [5.41, 5.74) is 1.70. The zero-order chi connectivity index (χ0) is 23.5. The summed E-state index contributed by atoms with van der Waals surface area (Å²) in [4.78, 5) is 25.3. The molecule has 10 nitrogen and oxygen atoms in total. The summed E-state index contributed by atoms with van der Waals surface area (Å²) in [6.45, 7) is 1.71. The number of carbonyl (C=O) groups excluding carboxylic acids is 1. The van der Waals surface area contributed by atoms with Gasteiger partial charge in [-0.15, -0.1) is 21.5 Å². The average Bonchev–Trinajstić information content (AvgIpc) is 3.59. The Morgan fingerprint density at radius 3 is 2.97 bits per heavy atom. The van der Waals surface area contributed by atoms with Gasteiger partial charge in [-0.05, 0) is 42.0 Å². The van der Waals surface area contributed by atoms with Crippen LogP contribution in [0.1, 0.15) is 30.7 Å². The lowest BCUT2D eigenvalue weighted by Crippen LogP contribution is -2.23. The fraction of sp³-hybridized carbons (Fsp3) is 0.391. The van der Waals surface area contributed by atoms with E-state index in [1.807, 2.05) is 34.0 Å². The third kappa shape index (κ3) is 4.36. The maximum atomic E-state index is 12.9. The van der Waals surface area contributed by atoms with Crippen molar-refractivity contribution in [3.8, 4) is 11.5 Å². The van der Waals surface area contributed by atoms with Crippen molar-refractivity contribution in [2.45, 2.75) is 38.8 Å². The second kappa shape index (κ2) is 9.82. The first-order valence-corrected chi connectivity index (χ1v) is 12.0. The highest BCUT2D eigenvalue weighted by atomic mass is 32.1. The van der Waals surface area contributed by atoms with Gasteiger partial charge in [-0.25, -0.2) is 0 Å². The Morgan fingerprint density at radius 2 is 2.09 bits per heavy atom. The van der Waals surface area contributed by atoms with Gasteiger partial charge in [0, 0.05) is 39.6 Å². The molecule has 0 saturated carbocycles. The molecule has 5 rings (SSSR count). The molecule has 0 bridgehead atoms. The highest BCUT2D eigenvalue weighted by Gasteiger charge is 2.18. The van der Waals surface area contributed by atoms with Crippen molar-refractivity contribution >= 4 is 33.2 Å². The molecule has 4 heterocycles. The SMILES string of the molecule is COCCCn1c(=O)c2sccc2n2c(CCCC(=O)NCc3ccc4c(c3)OCO4)nnc12. The number of thiophene rings is 1. The predicted molar refractivity (Wildman–Crippen MR) is 126 cm³/mol. The average molecular weight is 484 g/mol. The number of methoxy groups -OCH3 is 1. The molecule has 0 unspecified atom stereocenters. The first-order chi connectivity index (χ1) is 16.7. The van der Waals surface area contributed by atoms with E-state index in [4.69, 9.17) is 14.2 Å². The van der Waals surface area contributed by atoms with E-state index in [9.17, 15) is 9.59 Å². The summed E-state index contributed by atoms with van der Waals surface area (Å²) in [5.74, 6) is 2.64. The number of hydrogen-bond acceptors (Lipinski definition) is 8. The van der Waals surface area contributed by atoms with E-state index in [2.05, 4.69) is 15.5 Å². The lowest BCUT2D eigenvalue weighted by Gasteiger charge is -2.09. The molecule has 0 radical (unpaired) electrons. The van der Waals surface area contributed by atoms with Crippen LogP contribution in [0.15, 0.2) is 34.4 Å². The fourth-order valence-corrected chi connectivity index (χ4v) is 4.88. The number of amides is 1. The quantitative estimate of drug-likeness (QED) is 0.345. The lowest BCUT2D eigenvalue weighted by atomic mass is 10.2. The maximum absolute atomic E-state index is 12.9. The van der Waals surface area contributed by atoms with Gasteiger partial charge in [-0.2, -0.15) is 0 Å². The molecule has 34 heavy (non-hydrogen) atoms. The van der Waals surface area contributed by atoms with Crippen LogP contribution in [-0.2, 0) is 29.0 Å². The summed E-state index contributed by atoms with van der Waals surface area (Å²) in [7, 11) is 1.64. The predicted octanol–water partition coefficient (Wildman–Crippen LogP) is 2.51. The Bertz CT molecular complexity index is 1390. The molecule has 0 aliphatic carbocycles. The van der Waals surface area contributed by atoms with Crippen LogP contribution in [0, 0.1) is 0 Å². The Hall–Kier alpha value is -3.44. The summed E-state index contributed by atoms with van der Waals surface area (Å²) in [5, 5.41) is 13.5. The normalized spacial score (nSPS) is 12.6. The van der Waals surface area contributed by atoms with Gasteiger partial charge in [0.25, 0.3) is 5.56 Å². The third-order valence-electron chi connectivity index (χ3n) is 5.74. The standard InChI is InChI=1S/C23H25N5O5S/c1-31-10-3-9-27-22(30)21-16(8-11-34-21)28-19(25-26-23(27)28)4-2-5-20(29)24-13-15-6-7-17-18(12-15)33-14-32-17/h6-8,11-12H,2-5,9-10,13-14H2,1H3,(H,24,29). The molecule has 0 saturated heterocycles. The van der Waals surface area contributed by atoms with Crippen LogP contribution in [0.3, 0.4) is 0 Å². The monoisotopic (exact) mass is 483 g/mol. The zero-order valence-corrected chi connectivity index (χ0v) is 19.6. The van der Waals surface area contributed by atoms with E-state index in [0.29, 0.717) is 61.6 Å².